The van der Waals surface area contributed by atoms with Gasteiger partial charge in [0.15, 0.2) is 0 Å². The molecule has 2 rings (SSSR count). The lowest BCUT2D eigenvalue weighted by atomic mass is 9.86. The second-order valence-electron chi connectivity index (χ2n) is 6.32. The SMILES string of the molecule is CC1=CC(C)(C)N([C@H](C)C(=O)O)c2cc(C)c(C)cc21. The van der Waals surface area contributed by atoms with Crippen LogP contribution in [0.3, 0.4) is 0 Å². The van der Waals surface area contributed by atoms with Gasteiger partial charge in [-0.05, 0) is 70.4 Å². The van der Waals surface area contributed by atoms with E-state index in [9.17, 15) is 9.90 Å². The Morgan fingerprint density at radius 3 is 2.30 bits per heavy atom. The fraction of sp³-hybridized carbons (Fsp3) is 0.471. The van der Waals surface area contributed by atoms with Crippen LogP contribution in [0.15, 0.2) is 18.2 Å². The lowest BCUT2D eigenvalue weighted by Crippen LogP contribution is -2.53. The van der Waals surface area contributed by atoms with Crippen molar-refractivity contribution in [2.24, 2.45) is 0 Å². The lowest BCUT2D eigenvalue weighted by molar-refractivity contribution is -0.138. The molecular formula is C17H23NO2. The molecule has 1 aromatic rings. The molecule has 0 radical (unpaired) electrons. The van der Waals surface area contributed by atoms with Gasteiger partial charge in [-0.25, -0.2) is 4.79 Å². The van der Waals surface area contributed by atoms with Crippen LogP contribution in [0.4, 0.5) is 5.69 Å². The van der Waals surface area contributed by atoms with E-state index in [4.69, 9.17) is 0 Å². The monoisotopic (exact) mass is 273 g/mol. The molecule has 1 N–H and O–H groups in total. The van der Waals surface area contributed by atoms with Crippen LogP contribution in [-0.4, -0.2) is 22.7 Å². The molecular weight excluding hydrogens is 250 g/mol. The molecule has 3 heteroatoms. The molecule has 0 unspecified atom stereocenters. The second kappa shape index (κ2) is 4.65. The first-order chi connectivity index (χ1) is 9.15. The third-order valence-electron chi connectivity index (χ3n) is 4.23. The third kappa shape index (κ3) is 2.21. The number of aryl methyl sites for hydroxylation is 2. The van der Waals surface area contributed by atoms with E-state index in [1.54, 1.807) is 6.92 Å². The quantitative estimate of drug-likeness (QED) is 0.891. The summed E-state index contributed by atoms with van der Waals surface area (Å²) in [4.78, 5) is 13.5. The normalized spacial score (nSPS) is 18.3. The number of hydrogen-bond acceptors (Lipinski definition) is 2. The van der Waals surface area contributed by atoms with Gasteiger partial charge in [0.1, 0.15) is 6.04 Å². The minimum absolute atomic E-state index is 0.309. The van der Waals surface area contributed by atoms with Gasteiger partial charge in [0, 0.05) is 11.3 Å². The Morgan fingerprint density at radius 1 is 1.20 bits per heavy atom. The number of allylic oxidation sites excluding steroid dienone is 1. The van der Waals surface area contributed by atoms with Crippen LogP contribution in [0, 0.1) is 13.8 Å². The van der Waals surface area contributed by atoms with Crippen molar-refractivity contribution in [3.63, 3.8) is 0 Å². The zero-order valence-corrected chi connectivity index (χ0v) is 13.1. The molecule has 1 aliphatic rings. The second-order valence-corrected chi connectivity index (χ2v) is 6.32. The summed E-state index contributed by atoms with van der Waals surface area (Å²) in [5.74, 6) is -0.796. The number of nitrogens with zero attached hydrogens (tertiary/aromatic N) is 1. The van der Waals surface area contributed by atoms with Gasteiger partial charge in [0.25, 0.3) is 0 Å². The number of benzene rings is 1. The molecule has 0 saturated heterocycles. The first-order valence-corrected chi connectivity index (χ1v) is 6.98. The average Bonchev–Trinajstić information content (AvgIpc) is 2.30. The summed E-state index contributed by atoms with van der Waals surface area (Å²) < 4.78 is 0. The molecule has 108 valence electrons. The van der Waals surface area contributed by atoms with E-state index in [-0.39, 0.29) is 5.54 Å². The van der Waals surface area contributed by atoms with Crippen molar-refractivity contribution in [3.05, 3.63) is 34.9 Å². The largest absolute Gasteiger partial charge is 0.480 e. The van der Waals surface area contributed by atoms with Gasteiger partial charge in [-0.15, -0.1) is 0 Å². The summed E-state index contributed by atoms with van der Waals surface area (Å²) >= 11 is 0. The Hall–Kier alpha value is -1.77. The number of aliphatic carboxylic acids is 1. The van der Waals surface area contributed by atoms with Crippen LogP contribution < -0.4 is 4.90 Å². The van der Waals surface area contributed by atoms with E-state index in [0.29, 0.717) is 0 Å². The topological polar surface area (TPSA) is 40.5 Å². The highest BCUT2D eigenvalue weighted by molar-refractivity contribution is 5.87. The first kappa shape index (κ1) is 14.6. The maximum atomic E-state index is 11.5. The number of hydrogen-bond donors (Lipinski definition) is 1. The first-order valence-electron chi connectivity index (χ1n) is 6.98. The Kier molecular flexibility index (Phi) is 3.41. The Balaban J connectivity index is 2.70. The van der Waals surface area contributed by atoms with Crippen LogP contribution in [0.1, 0.15) is 44.4 Å². The molecule has 1 atom stereocenters. The van der Waals surface area contributed by atoms with Gasteiger partial charge in [-0.1, -0.05) is 6.08 Å². The fourth-order valence-electron chi connectivity index (χ4n) is 3.12. The molecule has 0 aliphatic carbocycles. The number of carboxylic acids is 1. The Bertz CT molecular complexity index is 599. The van der Waals surface area contributed by atoms with Gasteiger partial charge < -0.3 is 10.0 Å². The number of rotatable bonds is 2. The summed E-state index contributed by atoms with van der Waals surface area (Å²) in [6, 6.07) is 3.71. The molecule has 0 fully saturated rings. The van der Waals surface area contributed by atoms with E-state index in [0.717, 1.165) is 11.3 Å². The highest BCUT2D eigenvalue weighted by Gasteiger charge is 2.37. The Labute approximate surface area is 120 Å². The van der Waals surface area contributed by atoms with E-state index in [1.165, 1.54) is 16.7 Å². The van der Waals surface area contributed by atoms with E-state index in [2.05, 4.69) is 52.8 Å². The molecule has 1 aromatic carbocycles. The maximum Gasteiger partial charge on any atom is 0.326 e. The zero-order valence-electron chi connectivity index (χ0n) is 13.1. The molecule has 1 heterocycles. The highest BCUT2D eigenvalue weighted by atomic mass is 16.4. The average molecular weight is 273 g/mol. The molecule has 3 nitrogen and oxygen atoms in total. The highest BCUT2D eigenvalue weighted by Crippen LogP contribution is 2.41. The number of carboxylic acid groups (broad SMARTS) is 1. The van der Waals surface area contributed by atoms with Crippen molar-refractivity contribution in [2.45, 2.75) is 53.1 Å². The van der Waals surface area contributed by atoms with Crippen LogP contribution in [0.2, 0.25) is 0 Å². The van der Waals surface area contributed by atoms with Crippen molar-refractivity contribution >= 4 is 17.2 Å². The smallest absolute Gasteiger partial charge is 0.326 e. The van der Waals surface area contributed by atoms with Crippen molar-refractivity contribution in [3.8, 4) is 0 Å². The maximum absolute atomic E-state index is 11.5. The fourth-order valence-corrected chi connectivity index (χ4v) is 3.12. The minimum Gasteiger partial charge on any atom is -0.480 e. The number of carbonyl (C=O) groups is 1. The van der Waals surface area contributed by atoms with Crippen LogP contribution in [0.5, 0.6) is 0 Å². The van der Waals surface area contributed by atoms with Crippen molar-refractivity contribution in [1.29, 1.82) is 0 Å². The molecule has 0 amide bonds. The predicted molar refractivity (Wildman–Crippen MR) is 83.2 cm³/mol. The van der Waals surface area contributed by atoms with Gasteiger partial charge in [0.2, 0.25) is 0 Å². The van der Waals surface area contributed by atoms with Gasteiger partial charge in [0.05, 0.1) is 5.54 Å². The van der Waals surface area contributed by atoms with Crippen LogP contribution in [-0.2, 0) is 4.79 Å². The Morgan fingerprint density at radius 2 is 1.75 bits per heavy atom. The van der Waals surface area contributed by atoms with Crippen LogP contribution >= 0.6 is 0 Å². The summed E-state index contributed by atoms with van der Waals surface area (Å²) in [5, 5.41) is 9.42. The van der Waals surface area contributed by atoms with Crippen molar-refractivity contribution in [1.82, 2.24) is 0 Å². The predicted octanol–water partition coefficient (Wildman–Crippen LogP) is 3.78. The van der Waals surface area contributed by atoms with Gasteiger partial charge >= 0.3 is 5.97 Å². The van der Waals surface area contributed by atoms with Crippen molar-refractivity contribution < 1.29 is 9.90 Å². The van der Waals surface area contributed by atoms with Crippen LogP contribution in [0.25, 0.3) is 5.57 Å². The van der Waals surface area contributed by atoms with E-state index < -0.39 is 12.0 Å². The standard InChI is InChI=1S/C17H23NO2/c1-10-7-14-12(3)9-17(5,6)18(13(4)16(19)20)15(14)8-11(10)2/h7-9,13H,1-6H3,(H,19,20)/t13-/m1/s1. The molecule has 0 aromatic heterocycles. The summed E-state index contributed by atoms with van der Waals surface area (Å²) in [6.45, 7) is 12.1. The summed E-state index contributed by atoms with van der Waals surface area (Å²) in [7, 11) is 0. The van der Waals surface area contributed by atoms with Crippen molar-refractivity contribution in [2.75, 3.05) is 4.90 Å². The molecule has 0 saturated carbocycles. The van der Waals surface area contributed by atoms with Gasteiger partial charge in [-0.2, -0.15) is 0 Å². The number of anilines is 1. The molecule has 0 spiro atoms. The van der Waals surface area contributed by atoms with E-state index >= 15 is 0 Å². The lowest BCUT2D eigenvalue weighted by Gasteiger charge is -2.45. The molecule has 20 heavy (non-hydrogen) atoms. The zero-order chi connectivity index (χ0) is 15.2. The minimum atomic E-state index is -0.796. The van der Waals surface area contributed by atoms with Gasteiger partial charge in [-0.3, -0.25) is 0 Å². The third-order valence-corrected chi connectivity index (χ3v) is 4.23. The van der Waals surface area contributed by atoms with E-state index in [1.807, 2.05) is 4.90 Å². The molecule has 1 aliphatic heterocycles. The summed E-state index contributed by atoms with van der Waals surface area (Å²) in [6.07, 6.45) is 2.16. The summed E-state index contributed by atoms with van der Waals surface area (Å²) in [5.41, 5.74) is 5.49. The number of fused-ring (bicyclic) bond motifs is 1. The molecule has 0 bridgehead atoms.